The van der Waals surface area contributed by atoms with Crippen molar-refractivity contribution >= 4 is 23.8 Å². The second kappa shape index (κ2) is 14.9. The summed E-state index contributed by atoms with van der Waals surface area (Å²) >= 11 is 0. The van der Waals surface area contributed by atoms with Gasteiger partial charge in [-0.2, -0.15) is 0 Å². The second-order valence-corrected chi connectivity index (χ2v) is 7.38. The first-order chi connectivity index (χ1) is 13.6. The molecule has 10 heteroatoms. The number of esters is 2. The van der Waals surface area contributed by atoms with Crippen LogP contribution in [0.1, 0.15) is 59.3 Å². The third-order valence-electron chi connectivity index (χ3n) is 4.35. The van der Waals surface area contributed by atoms with Gasteiger partial charge in [0.15, 0.2) is 0 Å². The van der Waals surface area contributed by atoms with Crippen molar-refractivity contribution in [2.45, 2.75) is 77.4 Å². The van der Waals surface area contributed by atoms with Crippen LogP contribution in [-0.2, 0) is 23.9 Å². The first-order valence-corrected chi connectivity index (χ1v) is 10.1. The van der Waals surface area contributed by atoms with Crippen LogP contribution in [0.3, 0.4) is 0 Å². The lowest BCUT2D eigenvalue weighted by molar-refractivity contribution is -0.160. The molecule has 0 fully saturated rings. The van der Waals surface area contributed by atoms with Crippen LogP contribution in [0.15, 0.2) is 0 Å². The van der Waals surface area contributed by atoms with E-state index < -0.39 is 41.9 Å². The van der Waals surface area contributed by atoms with E-state index in [9.17, 15) is 19.2 Å². The highest BCUT2D eigenvalue weighted by Gasteiger charge is 2.30. The zero-order valence-electron chi connectivity index (χ0n) is 17.7. The minimum atomic E-state index is -1.01. The Labute approximate surface area is 172 Å². The van der Waals surface area contributed by atoms with Gasteiger partial charge in [-0.15, -0.1) is 0 Å². The fourth-order valence-electron chi connectivity index (χ4n) is 2.65. The van der Waals surface area contributed by atoms with Crippen LogP contribution in [-0.4, -0.2) is 55.0 Å². The van der Waals surface area contributed by atoms with Crippen LogP contribution < -0.4 is 27.8 Å². The van der Waals surface area contributed by atoms with Gasteiger partial charge < -0.3 is 32.6 Å². The highest BCUT2D eigenvalue weighted by atomic mass is 16.6. The van der Waals surface area contributed by atoms with Gasteiger partial charge in [-0.3, -0.25) is 14.4 Å². The Balaban J connectivity index is 5.04. The van der Waals surface area contributed by atoms with E-state index in [0.717, 1.165) is 13.3 Å². The molecule has 0 aliphatic carbocycles. The lowest BCUT2D eigenvalue weighted by atomic mass is 10.0. The van der Waals surface area contributed by atoms with Crippen molar-refractivity contribution in [2.24, 2.45) is 23.1 Å². The summed E-state index contributed by atoms with van der Waals surface area (Å²) in [5.41, 5.74) is 16.8. The van der Waals surface area contributed by atoms with Crippen molar-refractivity contribution in [3.63, 3.8) is 0 Å². The molecule has 0 aromatic rings. The van der Waals surface area contributed by atoms with Crippen LogP contribution in [0.4, 0.5) is 0 Å². The monoisotopic (exact) mass is 415 g/mol. The molecule has 0 aromatic heterocycles. The van der Waals surface area contributed by atoms with Gasteiger partial charge >= 0.3 is 11.9 Å². The zero-order valence-corrected chi connectivity index (χ0v) is 17.7. The molecule has 10 nitrogen and oxygen atoms in total. The van der Waals surface area contributed by atoms with Gasteiger partial charge in [0.1, 0.15) is 12.1 Å². The first kappa shape index (κ1) is 27.0. The van der Waals surface area contributed by atoms with Crippen molar-refractivity contribution in [1.82, 2.24) is 10.6 Å². The molecule has 0 saturated heterocycles. The fraction of sp³-hybridized carbons (Fsp3) is 0.789. The van der Waals surface area contributed by atoms with Crippen molar-refractivity contribution in [1.29, 1.82) is 0 Å². The maximum absolute atomic E-state index is 12.7. The normalized spacial score (nSPS) is 14.0. The second-order valence-electron chi connectivity index (χ2n) is 7.38. The topological polar surface area (TPSA) is 180 Å². The van der Waals surface area contributed by atoms with Gasteiger partial charge in [-0.1, -0.05) is 20.3 Å². The number of amides is 2. The van der Waals surface area contributed by atoms with E-state index >= 15 is 0 Å². The van der Waals surface area contributed by atoms with Crippen molar-refractivity contribution in [3.8, 4) is 0 Å². The number of unbranched alkanes of at least 4 members (excludes halogenated alkanes) is 2. The summed E-state index contributed by atoms with van der Waals surface area (Å²) in [5.74, 6) is -2.83. The number of nitrogens with one attached hydrogen (secondary N) is 2. The Morgan fingerprint density at radius 1 is 0.862 bits per heavy atom. The van der Waals surface area contributed by atoms with Gasteiger partial charge in [0.05, 0.1) is 6.04 Å². The number of hydrogen-bond acceptors (Lipinski definition) is 8. The molecule has 168 valence electrons. The van der Waals surface area contributed by atoms with Gasteiger partial charge in [-0.05, 0) is 51.1 Å². The molecule has 0 spiro atoms. The first-order valence-electron chi connectivity index (χ1n) is 10.1. The third kappa shape index (κ3) is 11.5. The molecule has 0 saturated carbocycles. The number of carbonyl (C=O) groups is 4. The van der Waals surface area contributed by atoms with Crippen LogP contribution in [0, 0.1) is 5.92 Å². The predicted molar refractivity (Wildman–Crippen MR) is 109 cm³/mol. The van der Waals surface area contributed by atoms with Crippen molar-refractivity contribution in [2.75, 3.05) is 13.1 Å². The fourth-order valence-corrected chi connectivity index (χ4v) is 2.65. The summed E-state index contributed by atoms with van der Waals surface area (Å²) in [4.78, 5) is 48.3. The number of carbonyl (C=O) groups excluding carboxylic acids is 4. The zero-order chi connectivity index (χ0) is 22.4. The van der Waals surface area contributed by atoms with Crippen LogP contribution in [0.25, 0.3) is 0 Å². The molecule has 8 N–H and O–H groups in total. The molecular formula is C19H37N5O5. The molecule has 3 atom stereocenters. The molecule has 0 bridgehead atoms. The predicted octanol–water partition coefficient (Wildman–Crippen LogP) is -0.713. The van der Waals surface area contributed by atoms with Crippen molar-refractivity contribution < 1.29 is 23.9 Å². The Hall–Kier alpha value is -2.04. The quantitative estimate of drug-likeness (QED) is 0.140. The Kier molecular flexibility index (Phi) is 13.8. The number of nitrogens with two attached hydrogens (primary N) is 3. The third-order valence-corrected chi connectivity index (χ3v) is 4.35. The maximum Gasteiger partial charge on any atom is 0.336 e. The molecule has 0 rings (SSSR count). The van der Waals surface area contributed by atoms with Gasteiger partial charge in [0.2, 0.25) is 11.8 Å². The highest BCUT2D eigenvalue weighted by molar-refractivity contribution is 5.94. The average molecular weight is 416 g/mol. The van der Waals surface area contributed by atoms with Crippen LogP contribution >= 0.6 is 0 Å². The molecule has 29 heavy (non-hydrogen) atoms. The smallest absolute Gasteiger partial charge is 0.336 e. The largest absolute Gasteiger partial charge is 0.392 e. The minimum Gasteiger partial charge on any atom is -0.392 e. The van der Waals surface area contributed by atoms with E-state index in [4.69, 9.17) is 17.2 Å². The van der Waals surface area contributed by atoms with E-state index in [1.54, 1.807) is 13.8 Å². The lowest BCUT2D eigenvalue weighted by Gasteiger charge is -2.25. The summed E-state index contributed by atoms with van der Waals surface area (Å²) in [6.45, 7) is 5.60. The maximum atomic E-state index is 12.7. The van der Waals surface area contributed by atoms with Gasteiger partial charge in [0, 0.05) is 6.92 Å². The Bertz CT molecular complexity index is 541. The average Bonchev–Trinajstić information content (AvgIpc) is 2.64. The number of hydrogen-bond donors (Lipinski definition) is 5. The number of ether oxygens (including phenoxy) is 1. The summed E-state index contributed by atoms with van der Waals surface area (Å²) in [6.07, 6.45) is 3.43. The standard InChI is InChI=1S/C19H37N5O5/c1-12(2)16(24-17(26)14(22)8-4-6-10-20)18(27)23-15(9-5-7-11-21)19(28)29-13(3)25/h12,14-16H,4-11,20-22H2,1-3H3,(H,23,27)(H,24,26)/t14-,15-,16-/m0/s1. The van der Waals surface area contributed by atoms with E-state index in [2.05, 4.69) is 15.4 Å². The van der Waals surface area contributed by atoms with Gasteiger partial charge in [0.25, 0.3) is 0 Å². The molecule has 0 aromatic carbocycles. The van der Waals surface area contributed by atoms with Gasteiger partial charge in [-0.25, -0.2) is 4.79 Å². The molecule has 0 aliphatic heterocycles. The molecule has 2 amide bonds. The molecular weight excluding hydrogens is 378 g/mol. The molecule has 0 aliphatic rings. The Morgan fingerprint density at radius 3 is 1.90 bits per heavy atom. The van der Waals surface area contributed by atoms with E-state index in [1.165, 1.54) is 0 Å². The lowest BCUT2D eigenvalue weighted by Crippen LogP contribution is -2.56. The van der Waals surface area contributed by atoms with E-state index in [1.807, 2.05) is 0 Å². The summed E-state index contributed by atoms with van der Waals surface area (Å²) in [7, 11) is 0. The minimum absolute atomic E-state index is 0.247. The van der Waals surface area contributed by atoms with E-state index in [-0.39, 0.29) is 12.3 Å². The Morgan fingerprint density at radius 2 is 1.41 bits per heavy atom. The molecule has 0 unspecified atom stereocenters. The summed E-state index contributed by atoms with van der Waals surface area (Å²) in [6, 6.07) is -2.64. The molecule has 0 heterocycles. The summed E-state index contributed by atoms with van der Waals surface area (Å²) < 4.78 is 4.62. The highest BCUT2D eigenvalue weighted by Crippen LogP contribution is 2.08. The van der Waals surface area contributed by atoms with Crippen LogP contribution in [0.2, 0.25) is 0 Å². The number of rotatable bonds is 14. The summed E-state index contributed by atoms with van der Waals surface area (Å²) in [5, 5.41) is 5.23. The SMILES string of the molecule is CC(=O)OC(=O)[C@H](CCCCN)NC(=O)[C@@H](NC(=O)[C@@H](N)CCCCN)C(C)C. The molecule has 0 radical (unpaired) electrons. The van der Waals surface area contributed by atoms with Crippen LogP contribution in [0.5, 0.6) is 0 Å². The van der Waals surface area contributed by atoms with Crippen molar-refractivity contribution in [3.05, 3.63) is 0 Å². The van der Waals surface area contributed by atoms with E-state index in [0.29, 0.717) is 38.8 Å².